The third kappa shape index (κ3) is 3.61. The maximum absolute atomic E-state index is 13.0. The zero-order valence-corrected chi connectivity index (χ0v) is 10.7. The molecule has 0 aliphatic rings. The summed E-state index contributed by atoms with van der Waals surface area (Å²) in [7, 11) is 0. The molecule has 0 nitrogen and oxygen atoms in total. The summed E-state index contributed by atoms with van der Waals surface area (Å²) in [5, 5.41) is -2.00. The number of halogens is 5. The summed E-state index contributed by atoms with van der Waals surface area (Å²) in [5.41, 5.74) is 1.01. The molecule has 102 valence electrons. The van der Waals surface area contributed by atoms with E-state index in [0.717, 1.165) is 24.8 Å². The first kappa shape index (κ1) is 15.3. The van der Waals surface area contributed by atoms with Crippen LogP contribution < -0.4 is 0 Å². The van der Waals surface area contributed by atoms with E-state index in [0.29, 0.717) is 0 Å². The molecule has 0 aromatic heterocycles. The summed E-state index contributed by atoms with van der Waals surface area (Å²) < 4.78 is 50.4. The van der Waals surface area contributed by atoms with Crippen molar-refractivity contribution < 1.29 is 17.6 Å². The van der Waals surface area contributed by atoms with Gasteiger partial charge in [0.05, 0.1) is 0 Å². The molecule has 1 atom stereocenters. The summed E-state index contributed by atoms with van der Waals surface area (Å²) in [6.07, 6.45) is -0.894. The van der Waals surface area contributed by atoms with Crippen LogP contribution in [0.25, 0.3) is 0 Å². The second kappa shape index (κ2) is 6.41. The van der Waals surface area contributed by atoms with Crippen molar-refractivity contribution in [3.63, 3.8) is 0 Å². The molecule has 1 aromatic rings. The van der Waals surface area contributed by atoms with Crippen LogP contribution >= 0.6 is 11.6 Å². The van der Waals surface area contributed by atoms with E-state index in [1.807, 2.05) is 6.92 Å². The molecule has 0 spiro atoms. The lowest BCUT2D eigenvalue weighted by Crippen LogP contribution is -2.31. The first-order chi connectivity index (χ1) is 8.39. The molecule has 0 radical (unpaired) electrons. The summed E-state index contributed by atoms with van der Waals surface area (Å²) in [6, 6.07) is 6.09. The second-order valence-corrected chi connectivity index (χ2v) is 4.62. The molecule has 0 bridgehead atoms. The lowest BCUT2D eigenvalue weighted by Gasteiger charge is -2.21. The Hall–Kier alpha value is -0.770. The average molecular weight is 283 g/mol. The zero-order valence-electron chi connectivity index (χ0n) is 9.98. The first-order valence-corrected chi connectivity index (χ1v) is 6.22. The molecule has 18 heavy (non-hydrogen) atoms. The van der Waals surface area contributed by atoms with Gasteiger partial charge in [-0.05, 0) is 24.0 Å². The number of unbranched alkanes of at least 4 members (excludes halogenated alkanes) is 1. The van der Waals surface area contributed by atoms with E-state index < -0.39 is 17.7 Å². The Bertz CT molecular complexity index is 362. The van der Waals surface area contributed by atoms with E-state index in [9.17, 15) is 17.6 Å². The van der Waals surface area contributed by atoms with Crippen molar-refractivity contribution in [3.8, 4) is 0 Å². The SMILES string of the molecule is CCCCc1ccc(C(Cl)C(F)(F)C(F)F)cc1. The van der Waals surface area contributed by atoms with Gasteiger partial charge in [0.15, 0.2) is 0 Å². The van der Waals surface area contributed by atoms with E-state index in [1.165, 1.54) is 12.1 Å². The van der Waals surface area contributed by atoms with Gasteiger partial charge in [0.1, 0.15) is 5.38 Å². The molecule has 0 heterocycles. The molecule has 0 fully saturated rings. The van der Waals surface area contributed by atoms with Gasteiger partial charge in [-0.25, -0.2) is 8.78 Å². The van der Waals surface area contributed by atoms with Crippen molar-refractivity contribution in [1.29, 1.82) is 0 Å². The van der Waals surface area contributed by atoms with Gasteiger partial charge in [-0.15, -0.1) is 11.6 Å². The Morgan fingerprint density at radius 3 is 2.17 bits per heavy atom. The third-order valence-corrected chi connectivity index (χ3v) is 3.26. The van der Waals surface area contributed by atoms with Crippen molar-refractivity contribution in [2.24, 2.45) is 0 Å². The lowest BCUT2D eigenvalue weighted by molar-refractivity contribution is -0.130. The van der Waals surface area contributed by atoms with Gasteiger partial charge in [0.25, 0.3) is 0 Å². The topological polar surface area (TPSA) is 0 Å². The van der Waals surface area contributed by atoms with Gasteiger partial charge < -0.3 is 0 Å². The summed E-state index contributed by atoms with van der Waals surface area (Å²) in [6.45, 7) is 2.05. The summed E-state index contributed by atoms with van der Waals surface area (Å²) in [5.74, 6) is -4.22. The van der Waals surface area contributed by atoms with Gasteiger partial charge in [-0.2, -0.15) is 8.78 Å². The zero-order chi connectivity index (χ0) is 13.8. The fourth-order valence-corrected chi connectivity index (χ4v) is 1.81. The molecular formula is C13H15ClF4. The van der Waals surface area contributed by atoms with Gasteiger partial charge in [-0.1, -0.05) is 37.6 Å². The molecule has 1 rings (SSSR count). The maximum atomic E-state index is 13.0. The van der Waals surface area contributed by atoms with Gasteiger partial charge in [0, 0.05) is 0 Å². The molecule has 0 aliphatic carbocycles. The Labute approximate surface area is 109 Å². The minimum absolute atomic E-state index is 0.0159. The molecule has 1 unspecified atom stereocenters. The van der Waals surface area contributed by atoms with E-state index in [1.54, 1.807) is 12.1 Å². The van der Waals surface area contributed by atoms with Crippen molar-refractivity contribution in [2.45, 2.75) is 43.9 Å². The quantitative estimate of drug-likeness (QED) is 0.496. The van der Waals surface area contributed by atoms with Crippen LogP contribution in [0.15, 0.2) is 24.3 Å². The Morgan fingerprint density at radius 1 is 1.17 bits per heavy atom. The summed E-state index contributed by atoms with van der Waals surface area (Å²) in [4.78, 5) is 0. The van der Waals surface area contributed by atoms with Crippen molar-refractivity contribution >= 4 is 11.6 Å². The number of hydrogen-bond acceptors (Lipinski definition) is 0. The third-order valence-electron chi connectivity index (χ3n) is 2.72. The van der Waals surface area contributed by atoms with Gasteiger partial charge in [0.2, 0.25) is 0 Å². The van der Waals surface area contributed by atoms with Crippen molar-refractivity contribution in [3.05, 3.63) is 35.4 Å². The number of benzene rings is 1. The number of rotatable bonds is 6. The van der Waals surface area contributed by atoms with Gasteiger partial charge in [-0.3, -0.25) is 0 Å². The first-order valence-electron chi connectivity index (χ1n) is 5.78. The fraction of sp³-hybridized carbons (Fsp3) is 0.538. The van der Waals surface area contributed by atoms with Crippen LogP contribution in [0.4, 0.5) is 17.6 Å². The largest absolute Gasteiger partial charge is 0.327 e. The maximum Gasteiger partial charge on any atom is 0.327 e. The highest BCUT2D eigenvalue weighted by molar-refractivity contribution is 6.21. The van der Waals surface area contributed by atoms with Gasteiger partial charge >= 0.3 is 12.3 Å². The monoisotopic (exact) mass is 282 g/mol. The number of alkyl halides is 5. The van der Waals surface area contributed by atoms with E-state index >= 15 is 0 Å². The van der Waals surface area contributed by atoms with Crippen molar-refractivity contribution in [1.82, 2.24) is 0 Å². The molecule has 0 aliphatic heterocycles. The van der Waals surface area contributed by atoms with E-state index in [2.05, 4.69) is 0 Å². The van der Waals surface area contributed by atoms with E-state index in [-0.39, 0.29) is 5.56 Å². The molecular weight excluding hydrogens is 268 g/mol. The van der Waals surface area contributed by atoms with Crippen LogP contribution in [0.3, 0.4) is 0 Å². The van der Waals surface area contributed by atoms with Crippen LogP contribution in [0.1, 0.15) is 36.3 Å². The highest BCUT2D eigenvalue weighted by Gasteiger charge is 2.48. The minimum atomic E-state index is -4.22. The van der Waals surface area contributed by atoms with Crippen LogP contribution in [-0.2, 0) is 6.42 Å². The van der Waals surface area contributed by atoms with Crippen LogP contribution in [-0.4, -0.2) is 12.3 Å². The second-order valence-electron chi connectivity index (χ2n) is 4.18. The minimum Gasteiger partial charge on any atom is -0.204 e. The average Bonchev–Trinajstić information content (AvgIpc) is 2.35. The normalized spacial score (nSPS) is 13.9. The van der Waals surface area contributed by atoms with Crippen LogP contribution in [0.2, 0.25) is 0 Å². The van der Waals surface area contributed by atoms with Crippen molar-refractivity contribution in [2.75, 3.05) is 0 Å². The lowest BCUT2D eigenvalue weighted by atomic mass is 10.0. The molecule has 1 aromatic carbocycles. The predicted molar refractivity (Wildman–Crippen MR) is 64.6 cm³/mol. The van der Waals surface area contributed by atoms with E-state index in [4.69, 9.17) is 11.6 Å². The Balaban J connectivity index is 2.78. The number of hydrogen-bond donors (Lipinski definition) is 0. The molecule has 5 heteroatoms. The summed E-state index contributed by atoms with van der Waals surface area (Å²) >= 11 is 5.42. The standard InChI is InChI=1S/C13H15ClF4/c1-2-3-4-9-5-7-10(8-6-9)11(14)13(17,18)12(15)16/h5-8,11-12H,2-4H2,1H3. The smallest absolute Gasteiger partial charge is 0.204 e. The molecule has 0 N–H and O–H groups in total. The predicted octanol–water partition coefficient (Wildman–Crippen LogP) is 5.21. The van der Waals surface area contributed by atoms with Crippen LogP contribution in [0, 0.1) is 0 Å². The highest BCUT2D eigenvalue weighted by Crippen LogP contribution is 2.41. The highest BCUT2D eigenvalue weighted by atomic mass is 35.5. The molecule has 0 saturated heterocycles. The fourth-order valence-electron chi connectivity index (χ4n) is 1.57. The van der Waals surface area contributed by atoms with Crippen LogP contribution in [0.5, 0.6) is 0 Å². The number of aryl methyl sites for hydroxylation is 1. The molecule has 0 amide bonds. The molecule has 0 saturated carbocycles. The Kier molecular flexibility index (Phi) is 5.45. The Morgan fingerprint density at radius 2 is 1.72 bits per heavy atom.